The van der Waals surface area contributed by atoms with E-state index in [9.17, 15) is 9.90 Å². The highest BCUT2D eigenvalue weighted by atomic mass is 32.2. The summed E-state index contributed by atoms with van der Waals surface area (Å²) >= 11 is 6.07. The number of thioether (sulfide) groups is 1. The minimum Gasteiger partial charge on any atom is -0.508 e. The molecule has 0 bridgehead atoms. The Hall–Kier alpha value is -1.53. The molecule has 88 valence electrons. The molecule has 4 nitrogen and oxygen atoms in total. The van der Waals surface area contributed by atoms with Crippen molar-refractivity contribution in [3.8, 4) is 11.5 Å². The van der Waals surface area contributed by atoms with Crippen molar-refractivity contribution in [2.24, 2.45) is 0 Å². The van der Waals surface area contributed by atoms with Crippen LogP contribution in [0.15, 0.2) is 23.1 Å². The lowest BCUT2D eigenvalue weighted by atomic mass is 10.1. The van der Waals surface area contributed by atoms with Crippen molar-refractivity contribution in [3.05, 3.63) is 28.7 Å². The number of phenols is 1. The van der Waals surface area contributed by atoms with Gasteiger partial charge in [0.15, 0.2) is 0 Å². The number of carbonyl (C=O) groups excluding carboxylic acids is 1. The maximum Gasteiger partial charge on any atom is 0.263 e. The number of nitrogens with one attached hydrogen (secondary N) is 1. The normalized spacial score (nSPS) is 17.4. The van der Waals surface area contributed by atoms with Crippen molar-refractivity contribution in [1.29, 1.82) is 0 Å². The molecule has 0 spiro atoms. The lowest BCUT2D eigenvalue weighted by Crippen LogP contribution is -2.17. The van der Waals surface area contributed by atoms with Gasteiger partial charge in [-0.1, -0.05) is 24.0 Å². The summed E-state index contributed by atoms with van der Waals surface area (Å²) in [4.78, 5) is 12.0. The molecular formula is C11H9NO3S2. The van der Waals surface area contributed by atoms with Crippen LogP contribution in [0.25, 0.3) is 6.08 Å². The molecule has 1 amide bonds. The van der Waals surface area contributed by atoms with Crippen LogP contribution < -0.4 is 10.1 Å². The average molecular weight is 267 g/mol. The lowest BCUT2D eigenvalue weighted by molar-refractivity contribution is -0.115. The number of amides is 1. The van der Waals surface area contributed by atoms with Gasteiger partial charge in [0.1, 0.15) is 15.8 Å². The van der Waals surface area contributed by atoms with Gasteiger partial charge in [-0.05, 0) is 24.3 Å². The number of methoxy groups -OCH3 is 1. The van der Waals surface area contributed by atoms with Crippen molar-refractivity contribution < 1.29 is 14.6 Å². The van der Waals surface area contributed by atoms with E-state index in [4.69, 9.17) is 17.0 Å². The van der Waals surface area contributed by atoms with E-state index >= 15 is 0 Å². The number of hydrogen-bond acceptors (Lipinski definition) is 5. The Balaban J connectivity index is 2.41. The quantitative estimate of drug-likeness (QED) is 0.633. The van der Waals surface area contributed by atoms with E-state index in [0.29, 0.717) is 20.5 Å². The van der Waals surface area contributed by atoms with Gasteiger partial charge in [0.05, 0.1) is 12.0 Å². The first kappa shape index (κ1) is 11.9. The standard InChI is InChI=1S/C11H9NO3S2/c1-15-8-3-2-7(13)4-6(8)5-9-10(14)12-11(16)17-9/h2-5,13H,1H3,(H,12,14,16)/b9-5-. The predicted octanol–water partition coefficient (Wildman–Crippen LogP) is 1.89. The fourth-order valence-electron chi connectivity index (χ4n) is 1.40. The predicted molar refractivity (Wildman–Crippen MR) is 71.0 cm³/mol. The molecule has 1 aliphatic rings. The number of aromatic hydroxyl groups is 1. The third kappa shape index (κ3) is 2.59. The molecule has 2 rings (SSSR count). The van der Waals surface area contributed by atoms with Crippen molar-refractivity contribution in [3.63, 3.8) is 0 Å². The average Bonchev–Trinajstić information content (AvgIpc) is 2.58. The second-order valence-corrected chi connectivity index (χ2v) is 5.00. The summed E-state index contributed by atoms with van der Waals surface area (Å²) in [5.74, 6) is 0.468. The Labute approximate surface area is 108 Å². The first-order valence-electron chi connectivity index (χ1n) is 4.72. The highest BCUT2D eigenvalue weighted by molar-refractivity contribution is 8.26. The lowest BCUT2D eigenvalue weighted by Gasteiger charge is -2.05. The molecule has 0 unspecified atom stereocenters. The number of thiocarbonyl (C=S) groups is 1. The van der Waals surface area contributed by atoms with Crippen LogP contribution in [0, 0.1) is 0 Å². The molecule has 0 aromatic heterocycles. The smallest absolute Gasteiger partial charge is 0.263 e. The van der Waals surface area contributed by atoms with Crippen LogP contribution in [0.1, 0.15) is 5.56 Å². The van der Waals surface area contributed by atoms with Gasteiger partial charge in [-0.3, -0.25) is 4.79 Å². The molecule has 17 heavy (non-hydrogen) atoms. The van der Waals surface area contributed by atoms with Crippen LogP contribution in [-0.4, -0.2) is 22.4 Å². The number of rotatable bonds is 2. The highest BCUT2D eigenvalue weighted by Gasteiger charge is 2.22. The van der Waals surface area contributed by atoms with Crippen molar-refractivity contribution in [2.75, 3.05) is 7.11 Å². The van der Waals surface area contributed by atoms with E-state index in [1.807, 2.05) is 0 Å². The molecule has 0 radical (unpaired) electrons. The van der Waals surface area contributed by atoms with Gasteiger partial charge >= 0.3 is 0 Å². The number of carbonyl (C=O) groups is 1. The fourth-order valence-corrected chi connectivity index (χ4v) is 2.43. The summed E-state index contributed by atoms with van der Waals surface area (Å²) in [5, 5.41) is 11.9. The Morgan fingerprint density at radius 2 is 2.29 bits per heavy atom. The molecule has 1 saturated heterocycles. The van der Waals surface area contributed by atoms with E-state index < -0.39 is 0 Å². The summed E-state index contributed by atoms with van der Waals surface area (Å²) in [6, 6.07) is 4.69. The largest absolute Gasteiger partial charge is 0.508 e. The van der Waals surface area contributed by atoms with Crippen molar-refractivity contribution in [2.45, 2.75) is 0 Å². The third-order valence-electron chi connectivity index (χ3n) is 2.14. The van der Waals surface area contributed by atoms with E-state index in [0.717, 1.165) is 0 Å². The van der Waals surface area contributed by atoms with Crippen molar-refractivity contribution in [1.82, 2.24) is 5.32 Å². The maximum atomic E-state index is 11.5. The van der Waals surface area contributed by atoms with Gasteiger partial charge in [0.2, 0.25) is 0 Å². The first-order chi connectivity index (χ1) is 8.10. The topological polar surface area (TPSA) is 58.6 Å². The van der Waals surface area contributed by atoms with Gasteiger partial charge in [-0.25, -0.2) is 0 Å². The number of hydrogen-bond donors (Lipinski definition) is 2. The van der Waals surface area contributed by atoms with E-state index in [2.05, 4.69) is 5.32 Å². The minimum absolute atomic E-state index is 0.114. The number of phenolic OH excluding ortho intramolecular Hbond substituents is 1. The monoisotopic (exact) mass is 267 g/mol. The number of benzene rings is 1. The second-order valence-electron chi connectivity index (χ2n) is 3.28. The maximum absolute atomic E-state index is 11.5. The molecule has 0 atom stereocenters. The van der Waals surface area contributed by atoms with Gasteiger partial charge < -0.3 is 15.2 Å². The molecule has 0 saturated carbocycles. The Bertz CT molecular complexity index is 525. The van der Waals surface area contributed by atoms with E-state index in [1.165, 1.54) is 31.0 Å². The van der Waals surface area contributed by atoms with Crippen LogP contribution in [0.2, 0.25) is 0 Å². The van der Waals surface area contributed by atoms with Crippen molar-refractivity contribution >= 4 is 40.3 Å². The molecule has 1 aromatic carbocycles. The SMILES string of the molecule is COc1ccc(O)cc1/C=C1\SC(=S)NC1=O. The zero-order valence-corrected chi connectivity index (χ0v) is 10.5. The molecular weight excluding hydrogens is 258 g/mol. The summed E-state index contributed by atoms with van der Waals surface area (Å²) in [6.07, 6.45) is 1.64. The Kier molecular flexibility index (Phi) is 3.35. The summed E-state index contributed by atoms with van der Waals surface area (Å²) in [6.45, 7) is 0. The highest BCUT2D eigenvalue weighted by Crippen LogP contribution is 2.30. The summed E-state index contributed by atoms with van der Waals surface area (Å²) in [5.41, 5.74) is 0.634. The summed E-state index contributed by atoms with van der Waals surface area (Å²) in [7, 11) is 1.53. The fraction of sp³-hybridized carbons (Fsp3) is 0.0909. The Morgan fingerprint density at radius 1 is 1.53 bits per heavy atom. The van der Waals surface area contributed by atoms with Gasteiger partial charge in [-0.2, -0.15) is 0 Å². The van der Waals surface area contributed by atoms with Crippen LogP contribution in [0.5, 0.6) is 11.5 Å². The number of ether oxygens (including phenoxy) is 1. The second kappa shape index (κ2) is 4.77. The zero-order valence-electron chi connectivity index (χ0n) is 8.89. The van der Waals surface area contributed by atoms with Gasteiger partial charge in [0, 0.05) is 5.56 Å². The van der Waals surface area contributed by atoms with Gasteiger partial charge in [-0.15, -0.1) is 0 Å². The van der Waals surface area contributed by atoms with Crippen LogP contribution in [-0.2, 0) is 4.79 Å². The molecule has 2 N–H and O–H groups in total. The van der Waals surface area contributed by atoms with Crippen LogP contribution in [0.3, 0.4) is 0 Å². The molecule has 1 fully saturated rings. The Morgan fingerprint density at radius 3 is 2.88 bits per heavy atom. The van der Waals surface area contributed by atoms with E-state index in [-0.39, 0.29) is 11.7 Å². The molecule has 1 aromatic rings. The minimum atomic E-state index is -0.231. The molecule has 6 heteroatoms. The van der Waals surface area contributed by atoms with Gasteiger partial charge in [0.25, 0.3) is 5.91 Å². The van der Waals surface area contributed by atoms with Crippen LogP contribution in [0.4, 0.5) is 0 Å². The van der Waals surface area contributed by atoms with E-state index in [1.54, 1.807) is 12.1 Å². The zero-order chi connectivity index (χ0) is 12.4. The summed E-state index contributed by atoms with van der Waals surface area (Å²) < 4.78 is 5.57. The third-order valence-corrected chi connectivity index (χ3v) is 3.30. The molecule has 1 aliphatic heterocycles. The van der Waals surface area contributed by atoms with Crippen LogP contribution >= 0.6 is 24.0 Å². The molecule has 1 heterocycles. The first-order valence-corrected chi connectivity index (χ1v) is 5.94. The molecule has 0 aliphatic carbocycles.